The lowest BCUT2D eigenvalue weighted by atomic mass is 9.98. The summed E-state index contributed by atoms with van der Waals surface area (Å²) >= 11 is 4.63. The molecule has 1 aliphatic heterocycles. The van der Waals surface area contributed by atoms with Gasteiger partial charge in [-0.3, -0.25) is 9.59 Å². The van der Waals surface area contributed by atoms with Crippen LogP contribution in [0.4, 0.5) is 5.69 Å². The van der Waals surface area contributed by atoms with Crippen molar-refractivity contribution in [2.45, 2.75) is 11.7 Å². The standard InChI is InChI=1S/C12H12BrNO2S/c1-12(17-2)8-5-7(10(15)6-13)3-4-9(8)14-11(12)16/h3-5H,6H2,1-2H3,(H,14,16). The topological polar surface area (TPSA) is 46.2 Å². The van der Waals surface area contributed by atoms with Gasteiger partial charge in [0.05, 0.1) is 5.33 Å². The van der Waals surface area contributed by atoms with Gasteiger partial charge in [0.15, 0.2) is 5.78 Å². The molecule has 1 amide bonds. The Labute approximate surface area is 112 Å². The van der Waals surface area contributed by atoms with Crippen molar-refractivity contribution < 1.29 is 9.59 Å². The molecule has 0 radical (unpaired) electrons. The first-order chi connectivity index (χ1) is 8.02. The molecular weight excluding hydrogens is 302 g/mol. The van der Waals surface area contributed by atoms with E-state index in [9.17, 15) is 9.59 Å². The molecule has 0 fully saturated rings. The first kappa shape index (κ1) is 12.6. The second-order valence-corrected chi connectivity index (χ2v) is 5.79. The zero-order valence-electron chi connectivity index (χ0n) is 9.54. The summed E-state index contributed by atoms with van der Waals surface area (Å²) in [5, 5.41) is 3.14. The van der Waals surface area contributed by atoms with E-state index in [2.05, 4.69) is 21.2 Å². The molecule has 1 atom stereocenters. The fraction of sp³-hybridized carbons (Fsp3) is 0.333. The molecule has 90 valence electrons. The van der Waals surface area contributed by atoms with Crippen LogP contribution in [0.3, 0.4) is 0 Å². The molecule has 1 unspecified atom stereocenters. The van der Waals surface area contributed by atoms with Gasteiger partial charge in [-0.1, -0.05) is 15.9 Å². The number of hydrogen-bond donors (Lipinski definition) is 1. The third-order valence-electron chi connectivity index (χ3n) is 3.07. The molecule has 1 aromatic carbocycles. The molecule has 3 nitrogen and oxygen atoms in total. The number of ketones is 1. The van der Waals surface area contributed by atoms with E-state index >= 15 is 0 Å². The van der Waals surface area contributed by atoms with E-state index in [0.29, 0.717) is 10.9 Å². The maximum atomic E-state index is 11.9. The van der Waals surface area contributed by atoms with Crippen LogP contribution in [0.1, 0.15) is 22.8 Å². The van der Waals surface area contributed by atoms with Crippen molar-refractivity contribution in [1.82, 2.24) is 0 Å². The molecule has 0 saturated heterocycles. The summed E-state index contributed by atoms with van der Waals surface area (Å²) in [6.07, 6.45) is 1.90. The number of Topliss-reactive ketones (excluding diaryl/α,β-unsaturated/α-hetero) is 1. The van der Waals surface area contributed by atoms with E-state index in [1.165, 1.54) is 11.8 Å². The highest BCUT2D eigenvalue weighted by Gasteiger charge is 2.42. The number of nitrogens with one attached hydrogen (secondary N) is 1. The molecule has 1 aliphatic rings. The lowest BCUT2D eigenvalue weighted by Gasteiger charge is -2.19. The molecule has 0 aliphatic carbocycles. The summed E-state index contributed by atoms with van der Waals surface area (Å²) in [4.78, 5) is 23.5. The number of hydrogen-bond acceptors (Lipinski definition) is 3. The average molecular weight is 314 g/mol. The fourth-order valence-electron chi connectivity index (χ4n) is 1.87. The van der Waals surface area contributed by atoms with Crippen molar-refractivity contribution in [2.24, 2.45) is 0 Å². The zero-order valence-corrected chi connectivity index (χ0v) is 11.9. The molecule has 1 heterocycles. The van der Waals surface area contributed by atoms with Gasteiger partial charge in [0, 0.05) is 16.8 Å². The summed E-state index contributed by atoms with van der Waals surface area (Å²) in [7, 11) is 0. The Kier molecular flexibility index (Phi) is 3.32. The molecule has 17 heavy (non-hydrogen) atoms. The number of anilines is 1. The normalized spacial score (nSPS) is 22.2. The van der Waals surface area contributed by atoms with Crippen molar-refractivity contribution in [3.63, 3.8) is 0 Å². The van der Waals surface area contributed by atoms with Crippen LogP contribution >= 0.6 is 27.7 Å². The molecular formula is C12H12BrNO2S. The first-order valence-electron chi connectivity index (χ1n) is 5.13. The van der Waals surface area contributed by atoms with E-state index in [1.54, 1.807) is 12.1 Å². The molecule has 0 aromatic heterocycles. The average Bonchev–Trinajstić information content (AvgIpc) is 2.61. The van der Waals surface area contributed by atoms with Gasteiger partial charge in [0.1, 0.15) is 4.75 Å². The van der Waals surface area contributed by atoms with Crippen molar-refractivity contribution in [2.75, 3.05) is 16.9 Å². The van der Waals surface area contributed by atoms with Crippen LogP contribution in [-0.2, 0) is 9.54 Å². The number of thioether (sulfide) groups is 1. The highest BCUT2D eigenvalue weighted by molar-refractivity contribution is 9.09. The number of alkyl halides is 1. The lowest BCUT2D eigenvalue weighted by Crippen LogP contribution is -2.26. The summed E-state index contributed by atoms with van der Waals surface area (Å²) in [5.74, 6) is -0.000886. The lowest BCUT2D eigenvalue weighted by molar-refractivity contribution is -0.117. The summed E-state index contributed by atoms with van der Waals surface area (Å²) in [6.45, 7) is 1.88. The molecule has 1 N–H and O–H groups in total. The minimum atomic E-state index is -0.599. The van der Waals surface area contributed by atoms with Crippen molar-refractivity contribution in [3.05, 3.63) is 29.3 Å². The monoisotopic (exact) mass is 313 g/mol. The highest BCUT2D eigenvalue weighted by atomic mass is 79.9. The predicted octanol–water partition coefficient (Wildman–Crippen LogP) is 2.79. The number of carbonyl (C=O) groups is 2. The highest BCUT2D eigenvalue weighted by Crippen LogP contribution is 2.44. The van der Waals surface area contributed by atoms with Gasteiger partial charge in [-0.15, -0.1) is 11.8 Å². The van der Waals surface area contributed by atoms with Crippen molar-refractivity contribution >= 4 is 45.1 Å². The summed E-state index contributed by atoms with van der Waals surface area (Å²) < 4.78 is -0.599. The van der Waals surface area contributed by atoms with Gasteiger partial charge in [0.25, 0.3) is 0 Å². The van der Waals surface area contributed by atoms with Gasteiger partial charge < -0.3 is 5.32 Å². The van der Waals surface area contributed by atoms with Crippen LogP contribution in [0.15, 0.2) is 18.2 Å². The predicted molar refractivity (Wildman–Crippen MR) is 74.1 cm³/mol. The maximum Gasteiger partial charge on any atom is 0.244 e. The largest absolute Gasteiger partial charge is 0.324 e. The molecule has 1 aromatic rings. The van der Waals surface area contributed by atoms with Gasteiger partial charge in [-0.05, 0) is 31.4 Å². The van der Waals surface area contributed by atoms with Gasteiger partial charge in [0.2, 0.25) is 5.91 Å². The number of carbonyl (C=O) groups excluding carboxylic acids is 2. The third-order valence-corrected chi connectivity index (χ3v) is 4.80. The van der Waals surface area contributed by atoms with E-state index < -0.39 is 4.75 Å². The van der Waals surface area contributed by atoms with E-state index in [-0.39, 0.29) is 11.7 Å². The maximum absolute atomic E-state index is 11.9. The molecule has 5 heteroatoms. The number of benzene rings is 1. The summed E-state index contributed by atoms with van der Waals surface area (Å²) in [5.41, 5.74) is 2.33. The van der Waals surface area contributed by atoms with E-state index in [4.69, 9.17) is 0 Å². The molecule has 0 saturated carbocycles. The van der Waals surface area contributed by atoms with Crippen LogP contribution < -0.4 is 5.32 Å². The van der Waals surface area contributed by atoms with Gasteiger partial charge >= 0.3 is 0 Å². The Morgan fingerprint density at radius 3 is 2.82 bits per heavy atom. The van der Waals surface area contributed by atoms with Crippen LogP contribution in [0.2, 0.25) is 0 Å². The second kappa shape index (κ2) is 4.46. The van der Waals surface area contributed by atoms with Crippen LogP contribution in [-0.4, -0.2) is 23.3 Å². The van der Waals surface area contributed by atoms with Gasteiger partial charge in [-0.2, -0.15) is 0 Å². The van der Waals surface area contributed by atoms with E-state index in [0.717, 1.165) is 11.3 Å². The smallest absolute Gasteiger partial charge is 0.244 e. The minimum Gasteiger partial charge on any atom is -0.324 e. The number of rotatable bonds is 3. The molecule has 0 bridgehead atoms. The quantitative estimate of drug-likeness (QED) is 0.689. The molecule has 0 spiro atoms. The van der Waals surface area contributed by atoms with Crippen molar-refractivity contribution in [3.8, 4) is 0 Å². The number of fused-ring (bicyclic) bond motifs is 1. The first-order valence-corrected chi connectivity index (χ1v) is 7.48. The Bertz CT molecular complexity index is 503. The second-order valence-electron chi connectivity index (χ2n) is 4.01. The van der Waals surface area contributed by atoms with Gasteiger partial charge in [-0.25, -0.2) is 0 Å². The number of halogens is 1. The third kappa shape index (κ3) is 1.91. The Balaban J connectivity index is 2.53. The van der Waals surface area contributed by atoms with Crippen LogP contribution in [0, 0.1) is 0 Å². The van der Waals surface area contributed by atoms with Crippen LogP contribution in [0.25, 0.3) is 0 Å². The van der Waals surface area contributed by atoms with E-state index in [1.807, 2.05) is 19.2 Å². The fourth-order valence-corrected chi connectivity index (χ4v) is 2.81. The minimum absolute atomic E-state index is 0.0237. The Morgan fingerprint density at radius 1 is 1.53 bits per heavy atom. The van der Waals surface area contributed by atoms with Crippen LogP contribution in [0.5, 0.6) is 0 Å². The van der Waals surface area contributed by atoms with Crippen molar-refractivity contribution in [1.29, 1.82) is 0 Å². The summed E-state index contributed by atoms with van der Waals surface area (Å²) in [6, 6.07) is 5.35. The molecule has 2 rings (SSSR count). The SMILES string of the molecule is CSC1(C)C(=O)Nc2ccc(C(=O)CBr)cc21. The Hall–Kier alpha value is -0.810. The Morgan fingerprint density at radius 2 is 2.24 bits per heavy atom. The number of amides is 1. The zero-order chi connectivity index (χ0) is 12.6.